The molecule has 4 N–H and O–H groups in total. The van der Waals surface area contributed by atoms with Gasteiger partial charge in [0, 0.05) is 24.4 Å². The van der Waals surface area contributed by atoms with E-state index in [1.54, 1.807) is 26.2 Å². The molecule has 218 valence electrons. The minimum atomic E-state index is -1.64. The molecule has 0 radical (unpaired) electrons. The summed E-state index contributed by atoms with van der Waals surface area (Å²) in [5.41, 5.74) is -0.989. The van der Waals surface area contributed by atoms with Crippen molar-refractivity contribution in [3.05, 3.63) is 81.3 Å². The summed E-state index contributed by atoms with van der Waals surface area (Å²) in [5, 5.41) is 32.0. The Morgan fingerprint density at radius 3 is 2.45 bits per heavy atom. The van der Waals surface area contributed by atoms with E-state index in [-0.39, 0.29) is 46.1 Å². The van der Waals surface area contributed by atoms with Crippen LogP contribution in [0.15, 0.2) is 47.4 Å². The number of Topliss-reactive ketones (excluding diaryl/α,β-unsaturated/α-hetero) is 2. The predicted molar refractivity (Wildman–Crippen MR) is 148 cm³/mol. The van der Waals surface area contributed by atoms with Crippen molar-refractivity contribution < 1.29 is 38.8 Å². The summed E-state index contributed by atoms with van der Waals surface area (Å²) in [6.07, 6.45) is 1.17. The smallest absolute Gasteiger partial charge is 0.194 e. The molecule has 1 unspecified atom stereocenters. The van der Waals surface area contributed by atoms with Crippen LogP contribution in [0.2, 0.25) is 0 Å². The average Bonchev–Trinajstić information content (AvgIpc) is 3.53. The molecule has 1 aliphatic carbocycles. The zero-order valence-corrected chi connectivity index (χ0v) is 23.9. The SMILES string of the molecule is COCc1nc(C(N/C(C)=C2\C(=O)C=C3Oc4c(C(C)=O)c(O)c(C)c(O)c4[C@]3(C)C2=O)c2ccc(OC)cc2)n[nH]1. The van der Waals surface area contributed by atoms with E-state index >= 15 is 0 Å². The van der Waals surface area contributed by atoms with Crippen LogP contribution in [-0.2, 0) is 26.3 Å². The third-order valence-corrected chi connectivity index (χ3v) is 7.66. The zero-order chi connectivity index (χ0) is 30.5. The van der Waals surface area contributed by atoms with Gasteiger partial charge in [0.25, 0.3) is 0 Å². The van der Waals surface area contributed by atoms with Crippen LogP contribution in [0.5, 0.6) is 23.0 Å². The number of phenols is 2. The largest absolute Gasteiger partial charge is 0.507 e. The number of hydrogen-bond donors (Lipinski definition) is 4. The van der Waals surface area contributed by atoms with E-state index in [0.29, 0.717) is 17.4 Å². The van der Waals surface area contributed by atoms with E-state index < -0.39 is 40.3 Å². The molecule has 2 heterocycles. The topological polar surface area (TPSA) is 173 Å². The number of carbonyl (C=O) groups excluding carboxylic acids is 3. The van der Waals surface area contributed by atoms with Gasteiger partial charge >= 0.3 is 0 Å². The van der Waals surface area contributed by atoms with Crippen LogP contribution in [0.25, 0.3) is 0 Å². The molecular formula is C30H30N4O8. The standard InChI is InChI=1S/C30H30N4O8/c1-13-25(37)22(15(3)35)27-23(26(13)38)30(4)19(42-27)11-18(36)21(28(30)39)14(2)31-24(16-7-9-17(41-6)10-8-16)29-32-20(12-40-5)33-34-29/h7-11,24,31,37-38H,12H2,1-6H3,(H,32,33,34)/b21-14+/t24?,30-/m1/s1. The van der Waals surface area contributed by atoms with Gasteiger partial charge in [-0.3, -0.25) is 19.5 Å². The number of nitrogens with one attached hydrogen (secondary N) is 2. The van der Waals surface area contributed by atoms with E-state index in [4.69, 9.17) is 14.2 Å². The Morgan fingerprint density at radius 1 is 1.14 bits per heavy atom. The molecule has 1 aliphatic heterocycles. The van der Waals surface area contributed by atoms with Crippen LogP contribution in [-0.4, -0.2) is 57.0 Å². The summed E-state index contributed by atoms with van der Waals surface area (Å²) < 4.78 is 16.3. The molecule has 0 spiro atoms. The molecule has 1 aromatic heterocycles. The molecule has 12 nitrogen and oxygen atoms in total. The fourth-order valence-electron chi connectivity index (χ4n) is 5.38. The monoisotopic (exact) mass is 574 g/mol. The fourth-order valence-corrected chi connectivity index (χ4v) is 5.38. The van der Waals surface area contributed by atoms with Gasteiger partial charge in [0.2, 0.25) is 0 Å². The first-order valence-electron chi connectivity index (χ1n) is 13.0. The van der Waals surface area contributed by atoms with Crippen molar-refractivity contribution in [2.45, 2.75) is 45.8 Å². The minimum absolute atomic E-state index is 0.0157. The molecule has 12 heteroatoms. The number of hydrogen-bond acceptors (Lipinski definition) is 11. The Kier molecular flexibility index (Phi) is 7.11. The number of aromatic nitrogens is 3. The molecule has 5 rings (SSSR count). The number of ketones is 3. The number of benzene rings is 2. The molecule has 2 atom stereocenters. The predicted octanol–water partition coefficient (Wildman–Crippen LogP) is 3.22. The second kappa shape index (κ2) is 10.5. The Balaban J connectivity index is 1.62. The third kappa shape index (κ3) is 4.31. The lowest BCUT2D eigenvalue weighted by Crippen LogP contribution is -2.41. The quantitative estimate of drug-likeness (QED) is 0.177. The van der Waals surface area contributed by atoms with Gasteiger partial charge in [0.15, 0.2) is 29.0 Å². The summed E-state index contributed by atoms with van der Waals surface area (Å²) in [5.74, 6) is -1.37. The van der Waals surface area contributed by atoms with Gasteiger partial charge in [0.05, 0.1) is 18.2 Å². The number of fused-ring (bicyclic) bond motifs is 3. The van der Waals surface area contributed by atoms with Gasteiger partial charge in [-0.15, -0.1) is 0 Å². The number of methoxy groups -OCH3 is 2. The van der Waals surface area contributed by atoms with E-state index in [1.165, 1.54) is 34.0 Å². The summed E-state index contributed by atoms with van der Waals surface area (Å²) in [4.78, 5) is 44.6. The number of nitrogens with zero attached hydrogens (tertiary/aromatic N) is 2. The van der Waals surface area contributed by atoms with E-state index in [1.807, 2.05) is 12.1 Å². The second-order valence-electron chi connectivity index (χ2n) is 10.3. The van der Waals surface area contributed by atoms with Crippen molar-refractivity contribution in [3.63, 3.8) is 0 Å². The molecule has 3 aromatic rings. The molecule has 0 saturated heterocycles. The number of aromatic hydroxyl groups is 2. The highest BCUT2D eigenvalue weighted by atomic mass is 16.5. The van der Waals surface area contributed by atoms with E-state index in [0.717, 1.165) is 5.56 Å². The van der Waals surface area contributed by atoms with Crippen LogP contribution < -0.4 is 14.8 Å². The molecule has 42 heavy (non-hydrogen) atoms. The van der Waals surface area contributed by atoms with Crippen molar-refractivity contribution >= 4 is 17.3 Å². The maximum Gasteiger partial charge on any atom is 0.194 e. The first-order chi connectivity index (χ1) is 19.9. The molecule has 0 fully saturated rings. The van der Waals surface area contributed by atoms with Gasteiger partial charge in [-0.05, 0) is 45.4 Å². The number of allylic oxidation sites excluding steroid dienone is 4. The Hall–Kier alpha value is -4.97. The van der Waals surface area contributed by atoms with Crippen molar-refractivity contribution in [1.29, 1.82) is 0 Å². The van der Waals surface area contributed by atoms with Crippen LogP contribution in [0.1, 0.15) is 65.5 Å². The summed E-state index contributed by atoms with van der Waals surface area (Å²) >= 11 is 0. The maximum absolute atomic E-state index is 14.2. The molecular weight excluding hydrogens is 544 g/mol. The highest BCUT2D eigenvalue weighted by molar-refractivity contribution is 6.31. The van der Waals surface area contributed by atoms with E-state index in [2.05, 4.69) is 20.5 Å². The lowest BCUT2D eigenvalue weighted by atomic mass is 9.70. The van der Waals surface area contributed by atoms with Crippen molar-refractivity contribution in [1.82, 2.24) is 20.5 Å². The average molecular weight is 575 g/mol. The lowest BCUT2D eigenvalue weighted by Gasteiger charge is -2.29. The normalized spacial score (nSPS) is 19.4. The van der Waals surface area contributed by atoms with Gasteiger partial charge in [0.1, 0.15) is 52.4 Å². The van der Waals surface area contributed by atoms with Crippen molar-refractivity contribution in [3.8, 4) is 23.0 Å². The lowest BCUT2D eigenvalue weighted by molar-refractivity contribution is -0.123. The van der Waals surface area contributed by atoms with Crippen LogP contribution in [0.3, 0.4) is 0 Å². The highest BCUT2D eigenvalue weighted by Gasteiger charge is 2.56. The Labute approximate surface area is 241 Å². The first-order valence-corrected chi connectivity index (χ1v) is 13.0. The highest BCUT2D eigenvalue weighted by Crippen LogP contribution is 2.57. The zero-order valence-electron chi connectivity index (χ0n) is 23.9. The first kappa shape index (κ1) is 28.6. The number of aromatic amines is 1. The van der Waals surface area contributed by atoms with Crippen LogP contribution >= 0.6 is 0 Å². The third-order valence-electron chi connectivity index (χ3n) is 7.66. The summed E-state index contributed by atoms with van der Waals surface area (Å²) in [6, 6.07) is 6.46. The second-order valence-corrected chi connectivity index (χ2v) is 10.3. The number of H-pyrrole nitrogens is 1. The van der Waals surface area contributed by atoms with E-state index in [9.17, 15) is 24.6 Å². The van der Waals surface area contributed by atoms with Gasteiger partial charge in [-0.25, -0.2) is 4.98 Å². The summed E-state index contributed by atoms with van der Waals surface area (Å²) in [6.45, 7) is 5.97. The molecule has 2 aromatic carbocycles. The van der Waals surface area contributed by atoms with Crippen molar-refractivity contribution in [2.24, 2.45) is 0 Å². The van der Waals surface area contributed by atoms with Gasteiger partial charge in [-0.2, -0.15) is 5.10 Å². The molecule has 2 aliphatic rings. The molecule has 0 saturated carbocycles. The van der Waals surface area contributed by atoms with Crippen LogP contribution in [0, 0.1) is 6.92 Å². The Morgan fingerprint density at radius 2 is 1.83 bits per heavy atom. The summed E-state index contributed by atoms with van der Waals surface area (Å²) in [7, 11) is 3.09. The van der Waals surface area contributed by atoms with Gasteiger partial charge in [-0.1, -0.05) is 12.1 Å². The maximum atomic E-state index is 14.2. The number of ether oxygens (including phenoxy) is 3. The fraction of sp³-hybridized carbons (Fsp3) is 0.300. The molecule has 0 bridgehead atoms. The number of phenolic OH excluding ortho intramolecular Hbond substituents is 2. The Bertz CT molecular complexity index is 1700. The number of rotatable bonds is 8. The van der Waals surface area contributed by atoms with Gasteiger partial charge < -0.3 is 29.7 Å². The van der Waals surface area contributed by atoms with Crippen LogP contribution in [0.4, 0.5) is 0 Å². The van der Waals surface area contributed by atoms with Crippen molar-refractivity contribution in [2.75, 3.05) is 14.2 Å². The number of carbonyl (C=O) groups is 3. The molecule has 0 amide bonds. The minimum Gasteiger partial charge on any atom is -0.507 e.